The van der Waals surface area contributed by atoms with Gasteiger partial charge in [0.1, 0.15) is 0 Å². The van der Waals surface area contributed by atoms with E-state index in [0.29, 0.717) is 0 Å². The van der Waals surface area contributed by atoms with Crippen molar-refractivity contribution < 1.29 is 4.79 Å². The first-order valence-electron chi connectivity index (χ1n) is 6.80. The summed E-state index contributed by atoms with van der Waals surface area (Å²) in [7, 11) is 0. The summed E-state index contributed by atoms with van der Waals surface area (Å²) in [5.74, 6) is 0.0953. The molecular formula is C18H16O. The Balaban J connectivity index is 1.92. The molecule has 0 saturated heterocycles. The lowest BCUT2D eigenvalue weighted by atomic mass is 9.89. The van der Waals surface area contributed by atoms with E-state index in [1.165, 1.54) is 24.0 Å². The first-order chi connectivity index (χ1) is 9.34. The van der Waals surface area contributed by atoms with Crippen LogP contribution in [0.25, 0.3) is 0 Å². The number of ketones is 1. The van der Waals surface area contributed by atoms with Gasteiger partial charge in [0.2, 0.25) is 0 Å². The number of carbonyl (C=O) groups is 1. The molecule has 0 unspecified atom stereocenters. The Morgan fingerprint density at radius 3 is 2.79 bits per heavy atom. The van der Waals surface area contributed by atoms with Crippen LogP contribution in [0.5, 0.6) is 0 Å². The van der Waals surface area contributed by atoms with Gasteiger partial charge in [-0.2, -0.15) is 0 Å². The molecule has 0 N–H and O–H groups in total. The van der Waals surface area contributed by atoms with Gasteiger partial charge in [0, 0.05) is 11.1 Å². The molecular weight excluding hydrogens is 232 g/mol. The van der Waals surface area contributed by atoms with Gasteiger partial charge in [-0.25, -0.2) is 0 Å². The highest BCUT2D eigenvalue weighted by molar-refractivity contribution is 6.10. The second-order valence-corrected chi connectivity index (χ2v) is 5.00. The molecule has 3 rings (SSSR count). The monoisotopic (exact) mass is 248 g/mol. The van der Waals surface area contributed by atoms with Gasteiger partial charge >= 0.3 is 0 Å². The zero-order valence-electron chi connectivity index (χ0n) is 10.9. The minimum absolute atomic E-state index is 0.0953. The topological polar surface area (TPSA) is 17.1 Å². The van der Waals surface area contributed by atoms with E-state index in [4.69, 9.17) is 0 Å². The van der Waals surface area contributed by atoms with Crippen LogP contribution >= 0.6 is 0 Å². The Labute approximate surface area is 113 Å². The number of fused-ring (bicyclic) bond motifs is 1. The average Bonchev–Trinajstić information content (AvgIpc) is 2.75. The van der Waals surface area contributed by atoms with E-state index in [1.807, 2.05) is 30.4 Å². The number of hydrogen-bond acceptors (Lipinski definition) is 1. The minimum Gasteiger partial charge on any atom is -0.289 e. The standard InChI is InChI=1S/C18H16O/c19-18(15-8-3-1-2-4-9-15)17-12-11-14-7-5-6-10-16(14)13-17/h1,3-4,8-9,11-13H,5-7,10H2. The van der Waals surface area contributed by atoms with Gasteiger partial charge in [-0.05, 0) is 61.1 Å². The smallest absolute Gasteiger partial charge is 0.193 e. The van der Waals surface area contributed by atoms with Crippen molar-refractivity contribution in [3.05, 3.63) is 76.6 Å². The Bertz CT molecular complexity index is 638. The van der Waals surface area contributed by atoms with Crippen molar-refractivity contribution in [1.29, 1.82) is 0 Å². The van der Waals surface area contributed by atoms with Crippen LogP contribution in [0.3, 0.4) is 0 Å². The molecule has 0 heterocycles. The maximum atomic E-state index is 12.5. The fourth-order valence-electron chi connectivity index (χ4n) is 2.65. The molecule has 1 aromatic rings. The average molecular weight is 248 g/mol. The third kappa shape index (κ3) is 2.52. The summed E-state index contributed by atoms with van der Waals surface area (Å²) < 4.78 is 0. The fourth-order valence-corrected chi connectivity index (χ4v) is 2.65. The molecule has 0 atom stereocenters. The van der Waals surface area contributed by atoms with E-state index >= 15 is 0 Å². The van der Waals surface area contributed by atoms with Gasteiger partial charge in [-0.3, -0.25) is 4.79 Å². The Kier molecular flexibility index (Phi) is 3.31. The highest BCUT2D eigenvalue weighted by Gasteiger charge is 2.14. The van der Waals surface area contributed by atoms with Gasteiger partial charge in [-0.15, -0.1) is 5.73 Å². The molecule has 1 nitrogen and oxygen atoms in total. The van der Waals surface area contributed by atoms with Crippen molar-refractivity contribution >= 4 is 5.78 Å². The second kappa shape index (κ2) is 5.26. The number of hydrogen-bond donors (Lipinski definition) is 0. The van der Waals surface area contributed by atoms with Gasteiger partial charge in [0.05, 0.1) is 0 Å². The number of Topliss-reactive ketones (excluding diaryl/α,β-unsaturated/α-hetero) is 1. The summed E-state index contributed by atoms with van der Waals surface area (Å²) in [6.07, 6.45) is 13.9. The Morgan fingerprint density at radius 1 is 1.05 bits per heavy atom. The van der Waals surface area contributed by atoms with Crippen molar-refractivity contribution in [3.63, 3.8) is 0 Å². The summed E-state index contributed by atoms with van der Waals surface area (Å²) in [5.41, 5.74) is 7.25. The SMILES string of the molecule is O=C(C1=CC=C=CC=C1)c1ccc2c(c1)CCCC2. The van der Waals surface area contributed by atoms with E-state index in [-0.39, 0.29) is 5.78 Å². The maximum Gasteiger partial charge on any atom is 0.193 e. The summed E-state index contributed by atoms with van der Waals surface area (Å²) in [6.45, 7) is 0. The van der Waals surface area contributed by atoms with E-state index in [9.17, 15) is 4.79 Å². The molecule has 19 heavy (non-hydrogen) atoms. The number of aryl methyl sites for hydroxylation is 2. The van der Waals surface area contributed by atoms with Crippen molar-refractivity contribution in [3.8, 4) is 0 Å². The first kappa shape index (κ1) is 12.0. The summed E-state index contributed by atoms with van der Waals surface area (Å²) in [6, 6.07) is 6.16. The predicted molar refractivity (Wildman–Crippen MR) is 77.3 cm³/mol. The molecule has 0 bridgehead atoms. The van der Waals surface area contributed by atoms with Crippen molar-refractivity contribution in [2.24, 2.45) is 0 Å². The van der Waals surface area contributed by atoms with Crippen LogP contribution in [0.4, 0.5) is 0 Å². The van der Waals surface area contributed by atoms with Crippen LogP contribution in [-0.2, 0) is 12.8 Å². The van der Waals surface area contributed by atoms with Crippen molar-refractivity contribution in [2.75, 3.05) is 0 Å². The van der Waals surface area contributed by atoms with Gasteiger partial charge in [0.25, 0.3) is 0 Å². The van der Waals surface area contributed by atoms with Crippen LogP contribution in [-0.4, -0.2) is 5.78 Å². The quantitative estimate of drug-likeness (QED) is 0.572. The number of carbonyl (C=O) groups excluding carboxylic acids is 1. The lowest BCUT2D eigenvalue weighted by molar-refractivity contribution is 0.103. The van der Waals surface area contributed by atoms with Crippen LogP contribution in [0.1, 0.15) is 34.3 Å². The molecule has 0 amide bonds. The molecule has 0 fully saturated rings. The Morgan fingerprint density at radius 2 is 1.89 bits per heavy atom. The Hall–Kier alpha value is -2.11. The third-order valence-corrected chi connectivity index (χ3v) is 3.70. The maximum absolute atomic E-state index is 12.5. The normalized spacial score (nSPS) is 16.7. The molecule has 0 spiro atoms. The highest BCUT2D eigenvalue weighted by Crippen LogP contribution is 2.23. The summed E-state index contributed by atoms with van der Waals surface area (Å²) >= 11 is 0. The molecule has 2 aliphatic rings. The summed E-state index contributed by atoms with van der Waals surface area (Å²) in [5, 5.41) is 0. The van der Waals surface area contributed by atoms with Gasteiger partial charge in [-0.1, -0.05) is 24.3 Å². The third-order valence-electron chi connectivity index (χ3n) is 3.70. The minimum atomic E-state index is 0.0953. The number of rotatable bonds is 2. The first-order valence-corrected chi connectivity index (χ1v) is 6.80. The molecule has 0 aliphatic heterocycles. The lowest BCUT2D eigenvalue weighted by Gasteiger charge is -2.16. The van der Waals surface area contributed by atoms with Crippen LogP contribution in [0.2, 0.25) is 0 Å². The van der Waals surface area contributed by atoms with Crippen molar-refractivity contribution in [1.82, 2.24) is 0 Å². The van der Waals surface area contributed by atoms with Gasteiger partial charge in [0.15, 0.2) is 5.78 Å². The molecule has 0 saturated carbocycles. The molecule has 94 valence electrons. The van der Waals surface area contributed by atoms with Gasteiger partial charge < -0.3 is 0 Å². The van der Waals surface area contributed by atoms with E-state index in [1.54, 1.807) is 6.08 Å². The molecule has 0 aromatic heterocycles. The van der Waals surface area contributed by atoms with E-state index in [2.05, 4.69) is 17.9 Å². The lowest BCUT2D eigenvalue weighted by Crippen LogP contribution is -2.07. The largest absolute Gasteiger partial charge is 0.289 e. The molecule has 1 heteroatoms. The zero-order chi connectivity index (χ0) is 13.1. The van der Waals surface area contributed by atoms with Crippen LogP contribution in [0.15, 0.2) is 59.9 Å². The number of benzene rings is 1. The highest BCUT2D eigenvalue weighted by atomic mass is 16.1. The van der Waals surface area contributed by atoms with Crippen LogP contribution in [0, 0.1) is 0 Å². The predicted octanol–water partition coefficient (Wildman–Crippen LogP) is 3.96. The van der Waals surface area contributed by atoms with E-state index < -0.39 is 0 Å². The second-order valence-electron chi connectivity index (χ2n) is 5.00. The fraction of sp³-hybridized carbons (Fsp3) is 0.222. The van der Waals surface area contributed by atoms with E-state index in [0.717, 1.165) is 24.0 Å². The summed E-state index contributed by atoms with van der Waals surface area (Å²) in [4.78, 5) is 12.5. The molecule has 1 aromatic carbocycles. The molecule has 0 radical (unpaired) electrons. The number of allylic oxidation sites excluding steroid dienone is 5. The zero-order valence-corrected chi connectivity index (χ0v) is 10.9. The van der Waals surface area contributed by atoms with Crippen LogP contribution < -0.4 is 0 Å². The molecule has 2 aliphatic carbocycles. The van der Waals surface area contributed by atoms with Crippen molar-refractivity contribution in [2.45, 2.75) is 25.7 Å².